The molecule has 0 bridgehead atoms. The van der Waals surface area contributed by atoms with E-state index in [4.69, 9.17) is 4.74 Å². The number of fused-ring (bicyclic) bond motifs is 1. The van der Waals surface area contributed by atoms with Crippen LogP contribution in [0.1, 0.15) is 42.6 Å². The second kappa shape index (κ2) is 10.5. The lowest BCUT2D eigenvalue weighted by atomic mass is 10.00. The number of aryl methyl sites for hydroxylation is 1. The number of nitrogens with zero attached hydrogens (tertiary/aromatic N) is 5. The van der Waals surface area contributed by atoms with Crippen LogP contribution in [0.3, 0.4) is 0 Å². The fraction of sp³-hybridized carbons (Fsp3) is 0.333. The highest BCUT2D eigenvalue weighted by atomic mass is 19.3. The van der Waals surface area contributed by atoms with Crippen molar-refractivity contribution in [2.24, 2.45) is 0 Å². The fourth-order valence-corrected chi connectivity index (χ4v) is 4.93. The van der Waals surface area contributed by atoms with Crippen molar-refractivity contribution in [1.29, 1.82) is 0 Å². The monoisotopic (exact) mass is 507 g/mol. The molecule has 1 aliphatic heterocycles. The summed E-state index contributed by atoms with van der Waals surface area (Å²) in [5.41, 5.74) is 4.72. The Hall–Kier alpha value is -4.08. The Morgan fingerprint density at radius 2 is 1.92 bits per heavy atom. The van der Waals surface area contributed by atoms with Gasteiger partial charge in [-0.2, -0.15) is 8.78 Å². The van der Waals surface area contributed by atoms with Crippen molar-refractivity contribution in [3.05, 3.63) is 71.9 Å². The first kappa shape index (κ1) is 24.6. The number of aliphatic carboxylic acids is 1. The summed E-state index contributed by atoms with van der Waals surface area (Å²) in [6.45, 7) is -0.274. The van der Waals surface area contributed by atoms with E-state index in [-0.39, 0.29) is 18.2 Å². The number of piperidine rings is 1. The highest BCUT2D eigenvalue weighted by Crippen LogP contribution is 2.28. The molecule has 0 saturated carbocycles. The van der Waals surface area contributed by atoms with Gasteiger partial charge in [-0.3, -0.25) is 4.79 Å². The van der Waals surface area contributed by atoms with Crippen molar-refractivity contribution in [3.8, 4) is 16.9 Å². The summed E-state index contributed by atoms with van der Waals surface area (Å²) < 4.78 is 32.5. The molecule has 10 heteroatoms. The molecule has 0 unspecified atom stereocenters. The normalized spacial score (nSPS) is 15.9. The third-order valence-electron chi connectivity index (χ3n) is 6.73. The number of ether oxygens (including phenoxy) is 1. The van der Waals surface area contributed by atoms with Gasteiger partial charge in [0.15, 0.2) is 0 Å². The van der Waals surface area contributed by atoms with Crippen LogP contribution in [-0.4, -0.2) is 49.6 Å². The van der Waals surface area contributed by atoms with Crippen LogP contribution in [0.25, 0.3) is 16.8 Å². The Morgan fingerprint density at radius 3 is 2.68 bits per heavy atom. The SMILES string of the molecule is Cc1nc2ccc(-c3cnc(N4CCCC[C@@H]4CC(=O)O)nc3)cn2c1Cc1ccccc1OC(F)F. The van der Waals surface area contributed by atoms with Gasteiger partial charge in [0.2, 0.25) is 5.95 Å². The number of anilines is 1. The Balaban J connectivity index is 1.43. The molecular weight excluding hydrogens is 480 g/mol. The first-order valence-electron chi connectivity index (χ1n) is 12.2. The van der Waals surface area contributed by atoms with E-state index in [9.17, 15) is 18.7 Å². The van der Waals surface area contributed by atoms with Gasteiger partial charge in [0.05, 0.1) is 12.1 Å². The van der Waals surface area contributed by atoms with Gasteiger partial charge in [0, 0.05) is 60.0 Å². The van der Waals surface area contributed by atoms with Gasteiger partial charge in [-0.25, -0.2) is 15.0 Å². The Labute approximate surface area is 212 Å². The summed E-state index contributed by atoms with van der Waals surface area (Å²) in [5, 5.41) is 9.27. The average Bonchev–Trinajstić information content (AvgIpc) is 3.19. The summed E-state index contributed by atoms with van der Waals surface area (Å²) in [4.78, 5) is 27.0. The number of hydrogen-bond acceptors (Lipinski definition) is 6. The van der Waals surface area contributed by atoms with E-state index in [2.05, 4.69) is 15.0 Å². The molecule has 0 radical (unpaired) electrons. The molecule has 8 nitrogen and oxygen atoms in total. The topological polar surface area (TPSA) is 92.9 Å². The molecule has 0 amide bonds. The summed E-state index contributed by atoms with van der Waals surface area (Å²) in [6, 6.07) is 10.5. The van der Waals surface area contributed by atoms with Gasteiger partial charge in [-0.15, -0.1) is 0 Å². The minimum atomic E-state index is -2.90. The summed E-state index contributed by atoms with van der Waals surface area (Å²) >= 11 is 0. The van der Waals surface area contributed by atoms with E-state index in [1.54, 1.807) is 30.6 Å². The highest BCUT2D eigenvalue weighted by molar-refractivity contribution is 5.68. The molecule has 5 rings (SSSR count). The number of hydrogen-bond donors (Lipinski definition) is 1. The molecule has 4 heterocycles. The van der Waals surface area contributed by atoms with Gasteiger partial charge in [-0.05, 0) is 44.4 Å². The second-order valence-corrected chi connectivity index (χ2v) is 9.17. The maximum absolute atomic E-state index is 12.9. The zero-order chi connectivity index (χ0) is 25.9. The standard InChI is InChI=1S/C27H27F2N5O3/c1-17-22(12-18-6-2-3-8-23(18)37-26(28)29)34-16-19(9-10-24(34)32-17)20-14-30-27(31-15-20)33-11-5-4-7-21(33)13-25(35)36/h2-3,6,8-10,14-16,21,26H,4-5,7,11-13H2,1H3,(H,35,36)/t21-/m1/s1. The van der Waals surface area contributed by atoms with E-state index >= 15 is 0 Å². The summed E-state index contributed by atoms with van der Waals surface area (Å²) in [5.74, 6) is -0.145. The van der Waals surface area contributed by atoms with Crippen LogP contribution < -0.4 is 9.64 Å². The van der Waals surface area contributed by atoms with Crippen LogP contribution in [0.15, 0.2) is 55.0 Å². The first-order valence-corrected chi connectivity index (χ1v) is 12.2. The number of rotatable bonds is 8. The average molecular weight is 508 g/mol. The number of carboxylic acid groups (broad SMARTS) is 1. The Morgan fingerprint density at radius 1 is 1.14 bits per heavy atom. The molecule has 1 aliphatic rings. The third-order valence-corrected chi connectivity index (χ3v) is 6.73. The maximum Gasteiger partial charge on any atom is 0.387 e. The van der Waals surface area contributed by atoms with Crippen molar-refractivity contribution in [2.45, 2.75) is 51.7 Å². The van der Waals surface area contributed by atoms with Crippen LogP contribution in [0.4, 0.5) is 14.7 Å². The number of para-hydroxylation sites is 1. The van der Waals surface area contributed by atoms with Gasteiger partial charge >= 0.3 is 12.6 Å². The lowest BCUT2D eigenvalue weighted by molar-refractivity contribution is -0.137. The van der Waals surface area contributed by atoms with Crippen molar-refractivity contribution < 1.29 is 23.4 Å². The number of halogens is 2. The zero-order valence-corrected chi connectivity index (χ0v) is 20.3. The van der Waals surface area contributed by atoms with Crippen LogP contribution >= 0.6 is 0 Å². The van der Waals surface area contributed by atoms with E-state index < -0.39 is 12.6 Å². The van der Waals surface area contributed by atoms with E-state index in [0.29, 0.717) is 17.9 Å². The molecule has 0 aliphatic carbocycles. The molecule has 3 aromatic heterocycles. The lowest BCUT2D eigenvalue weighted by Gasteiger charge is -2.34. The quantitative estimate of drug-likeness (QED) is 0.354. The minimum absolute atomic E-state index is 0.0655. The predicted octanol–water partition coefficient (Wildman–Crippen LogP) is 5.13. The molecule has 1 fully saturated rings. The van der Waals surface area contributed by atoms with Crippen molar-refractivity contribution >= 4 is 17.6 Å². The second-order valence-electron chi connectivity index (χ2n) is 9.17. The largest absolute Gasteiger partial charge is 0.481 e. The Kier molecular flexibility index (Phi) is 6.98. The molecule has 1 atom stereocenters. The molecular formula is C27H27F2N5O3. The van der Waals surface area contributed by atoms with Crippen LogP contribution in [0.2, 0.25) is 0 Å². The number of aromatic nitrogens is 4. The molecule has 0 spiro atoms. The van der Waals surface area contributed by atoms with E-state index in [0.717, 1.165) is 54.0 Å². The van der Waals surface area contributed by atoms with Crippen LogP contribution in [-0.2, 0) is 11.2 Å². The smallest absolute Gasteiger partial charge is 0.387 e. The number of carbonyl (C=O) groups is 1. The van der Waals surface area contributed by atoms with Gasteiger partial charge in [0.1, 0.15) is 11.4 Å². The van der Waals surface area contributed by atoms with Gasteiger partial charge in [0.25, 0.3) is 0 Å². The first-order chi connectivity index (χ1) is 17.9. The molecule has 4 aromatic rings. The number of pyridine rings is 1. The zero-order valence-electron chi connectivity index (χ0n) is 20.3. The maximum atomic E-state index is 12.9. The van der Waals surface area contributed by atoms with E-state index in [1.165, 1.54) is 6.07 Å². The van der Waals surface area contributed by atoms with Crippen molar-refractivity contribution in [1.82, 2.24) is 19.4 Å². The van der Waals surface area contributed by atoms with Crippen LogP contribution in [0.5, 0.6) is 5.75 Å². The summed E-state index contributed by atoms with van der Waals surface area (Å²) in [6.07, 6.45) is 8.64. The van der Waals surface area contributed by atoms with Crippen LogP contribution in [0, 0.1) is 6.92 Å². The third kappa shape index (κ3) is 5.37. The fourth-order valence-electron chi connectivity index (χ4n) is 4.93. The van der Waals surface area contributed by atoms with Gasteiger partial charge in [-0.1, -0.05) is 18.2 Å². The molecule has 1 N–H and O–H groups in total. The van der Waals surface area contributed by atoms with E-state index in [1.807, 2.05) is 34.6 Å². The molecule has 37 heavy (non-hydrogen) atoms. The highest BCUT2D eigenvalue weighted by Gasteiger charge is 2.26. The molecule has 1 aromatic carbocycles. The summed E-state index contributed by atoms with van der Waals surface area (Å²) in [7, 11) is 0. The number of alkyl halides is 2. The molecule has 1 saturated heterocycles. The van der Waals surface area contributed by atoms with Crippen molar-refractivity contribution in [3.63, 3.8) is 0 Å². The van der Waals surface area contributed by atoms with Gasteiger partial charge < -0.3 is 19.1 Å². The van der Waals surface area contributed by atoms with Crippen molar-refractivity contribution in [2.75, 3.05) is 11.4 Å². The number of benzene rings is 1. The molecule has 192 valence electrons. The lowest BCUT2D eigenvalue weighted by Crippen LogP contribution is -2.41. The number of imidazole rings is 1. The minimum Gasteiger partial charge on any atom is -0.481 e. The predicted molar refractivity (Wildman–Crippen MR) is 134 cm³/mol. The number of carboxylic acids is 1. The Bertz CT molecular complexity index is 1410.